The molecule has 32 heavy (non-hydrogen) atoms. The Morgan fingerprint density at radius 1 is 1.19 bits per heavy atom. The summed E-state index contributed by atoms with van der Waals surface area (Å²) >= 11 is 0. The zero-order valence-corrected chi connectivity index (χ0v) is 18.3. The zero-order chi connectivity index (χ0) is 22.5. The van der Waals surface area contributed by atoms with Gasteiger partial charge in [-0.25, -0.2) is 0 Å². The van der Waals surface area contributed by atoms with Crippen LogP contribution >= 0.6 is 0 Å². The lowest BCUT2D eigenvalue weighted by Crippen LogP contribution is -2.25. The van der Waals surface area contributed by atoms with Crippen molar-refractivity contribution in [3.8, 4) is 0 Å². The van der Waals surface area contributed by atoms with Crippen LogP contribution in [0.3, 0.4) is 0 Å². The van der Waals surface area contributed by atoms with Crippen molar-refractivity contribution in [2.45, 2.75) is 52.3 Å². The first-order chi connectivity index (χ1) is 15.5. The number of rotatable bonds is 10. The van der Waals surface area contributed by atoms with E-state index in [9.17, 15) is 9.59 Å². The van der Waals surface area contributed by atoms with Crippen molar-refractivity contribution in [3.05, 3.63) is 64.6 Å². The van der Waals surface area contributed by atoms with Crippen LogP contribution in [0.25, 0.3) is 16.7 Å². The van der Waals surface area contributed by atoms with Crippen LogP contribution in [0.15, 0.2) is 51.9 Å². The average molecular weight is 438 g/mol. The first kappa shape index (κ1) is 21.8. The van der Waals surface area contributed by atoms with Gasteiger partial charge in [-0.3, -0.25) is 18.6 Å². The molecule has 0 bridgehead atoms. The standard InChI is InChI=1S/C23H27N5O4/c1-16(2)31-14-6-12-27-22(30)18-8-3-4-9-19(18)28-20(25-26-23(27)28)10-11-21(29)24-15-17-7-5-13-32-17/h3-5,7-9,13,16H,6,10-12,14-15H2,1-2H3,(H,24,29). The van der Waals surface area contributed by atoms with Gasteiger partial charge in [-0.15, -0.1) is 10.2 Å². The molecule has 9 heteroatoms. The summed E-state index contributed by atoms with van der Waals surface area (Å²) in [6, 6.07) is 11.0. The Balaban J connectivity index is 1.57. The smallest absolute Gasteiger partial charge is 0.262 e. The van der Waals surface area contributed by atoms with Crippen LogP contribution in [0.1, 0.15) is 38.3 Å². The Morgan fingerprint density at radius 3 is 2.81 bits per heavy atom. The van der Waals surface area contributed by atoms with Crippen molar-refractivity contribution in [1.29, 1.82) is 0 Å². The van der Waals surface area contributed by atoms with E-state index < -0.39 is 0 Å². The number of benzene rings is 1. The topological polar surface area (TPSA) is 104 Å². The Kier molecular flexibility index (Phi) is 6.65. The van der Waals surface area contributed by atoms with Gasteiger partial charge in [-0.2, -0.15) is 0 Å². The molecule has 0 radical (unpaired) electrons. The fourth-order valence-electron chi connectivity index (χ4n) is 3.63. The van der Waals surface area contributed by atoms with Gasteiger partial charge in [0, 0.05) is 26.0 Å². The van der Waals surface area contributed by atoms with Crippen molar-refractivity contribution in [2.24, 2.45) is 0 Å². The van der Waals surface area contributed by atoms with Crippen molar-refractivity contribution < 1.29 is 13.9 Å². The maximum Gasteiger partial charge on any atom is 0.262 e. The van der Waals surface area contributed by atoms with E-state index >= 15 is 0 Å². The summed E-state index contributed by atoms with van der Waals surface area (Å²) in [6.45, 7) is 5.33. The van der Waals surface area contributed by atoms with Gasteiger partial charge in [-0.05, 0) is 44.5 Å². The molecule has 1 aromatic carbocycles. The highest BCUT2D eigenvalue weighted by molar-refractivity contribution is 5.80. The highest BCUT2D eigenvalue weighted by Gasteiger charge is 2.17. The van der Waals surface area contributed by atoms with Gasteiger partial charge in [0.05, 0.1) is 29.8 Å². The van der Waals surface area contributed by atoms with Crippen LogP contribution in [-0.2, 0) is 29.0 Å². The summed E-state index contributed by atoms with van der Waals surface area (Å²) in [5.74, 6) is 1.70. The molecule has 3 heterocycles. The summed E-state index contributed by atoms with van der Waals surface area (Å²) in [5.41, 5.74) is 0.631. The fraction of sp³-hybridized carbons (Fsp3) is 0.391. The molecule has 1 N–H and O–H groups in total. The number of para-hydroxylation sites is 1. The lowest BCUT2D eigenvalue weighted by molar-refractivity contribution is -0.121. The molecule has 9 nitrogen and oxygen atoms in total. The summed E-state index contributed by atoms with van der Waals surface area (Å²) in [6.07, 6.45) is 3.04. The second-order valence-electron chi connectivity index (χ2n) is 7.85. The number of nitrogens with zero attached hydrogens (tertiary/aromatic N) is 4. The third-order valence-electron chi connectivity index (χ3n) is 5.17. The van der Waals surface area contributed by atoms with E-state index in [1.165, 1.54) is 0 Å². The Hall–Kier alpha value is -3.46. The highest BCUT2D eigenvalue weighted by atomic mass is 16.5. The minimum Gasteiger partial charge on any atom is -0.467 e. The van der Waals surface area contributed by atoms with Gasteiger partial charge in [0.15, 0.2) is 0 Å². The Bertz CT molecular complexity index is 1260. The van der Waals surface area contributed by atoms with Gasteiger partial charge >= 0.3 is 0 Å². The van der Waals surface area contributed by atoms with Crippen molar-refractivity contribution in [1.82, 2.24) is 24.5 Å². The Labute approximate surface area is 185 Å². The first-order valence-corrected chi connectivity index (χ1v) is 10.8. The molecule has 0 spiro atoms. The van der Waals surface area contributed by atoms with Gasteiger partial charge in [0.25, 0.3) is 5.56 Å². The quantitative estimate of drug-likeness (QED) is 0.383. The van der Waals surface area contributed by atoms with Crippen molar-refractivity contribution in [2.75, 3.05) is 6.61 Å². The lowest BCUT2D eigenvalue weighted by atomic mass is 10.2. The van der Waals surface area contributed by atoms with Crippen LogP contribution in [0.4, 0.5) is 0 Å². The van der Waals surface area contributed by atoms with Crippen LogP contribution in [0.5, 0.6) is 0 Å². The second-order valence-corrected chi connectivity index (χ2v) is 7.85. The molecule has 0 aliphatic heterocycles. The van der Waals surface area contributed by atoms with Crippen LogP contribution < -0.4 is 10.9 Å². The molecule has 0 unspecified atom stereocenters. The first-order valence-electron chi connectivity index (χ1n) is 10.8. The minimum absolute atomic E-state index is 0.104. The number of ether oxygens (including phenoxy) is 1. The maximum absolute atomic E-state index is 13.1. The molecular formula is C23H27N5O4. The van der Waals surface area contributed by atoms with Crippen LogP contribution in [0.2, 0.25) is 0 Å². The molecule has 4 rings (SSSR count). The average Bonchev–Trinajstić information content (AvgIpc) is 3.45. The predicted octanol–water partition coefficient (Wildman–Crippen LogP) is 2.70. The molecular weight excluding hydrogens is 410 g/mol. The molecule has 0 saturated carbocycles. The number of nitrogens with one attached hydrogen (secondary N) is 1. The van der Waals surface area contributed by atoms with E-state index in [0.717, 1.165) is 5.52 Å². The second kappa shape index (κ2) is 9.78. The molecule has 0 atom stereocenters. The van der Waals surface area contributed by atoms with Crippen molar-refractivity contribution >= 4 is 22.6 Å². The monoisotopic (exact) mass is 437 g/mol. The maximum atomic E-state index is 13.1. The van der Waals surface area contributed by atoms with Gasteiger partial charge in [0.1, 0.15) is 11.6 Å². The number of aryl methyl sites for hydroxylation is 2. The summed E-state index contributed by atoms with van der Waals surface area (Å²) < 4.78 is 14.4. The van der Waals surface area contributed by atoms with E-state index in [4.69, 9.17) is 9.15 Å². The molecule has 0 saturated heterocycles. The number of carbonyl (C=O) groups is 1. The zero-order valence-electron chi connectivity index (χ0n) is 18.3. The highest BCUT2D eigenvalue weighted by Crippen LogP contribution is 2.16. The molecule has 4 aromatic rings. The molecule has 0 aliphatic rings. The predicted molar refractivity (Wildman–Crippen MR) is 119 cm³/mol. The lowest BCUT2D eigenvalue weighted by Gasteiger charge is -2.12. The molecule has 0 fully saturated rings. The third-order valence-corrected chi connectivity index (χ3v) is 5.17. The van der Waals surface area contributed by atoms with Crippen LogP contribution in [-0.4, -0.2) is 37.8 Å². The van der Waals surface area contributed by atoms with E-state index in [1.54, 1.807) is 23.0 Å². The number of amides is 1. The van der Waals surface area contributed by atoms with Gasteiger partial charge in [0.2, 0.25) is 11.7 Å². The number of aromatic nitrogens is 4. The van der Waals surface area contributed by atoms with E-state index in [-0.39, 0.29) is 24.0 Å². The fourth-order valence-corrected chi connectivity index (χ4v) is 3.63. The Morgan fingerprint density at radius 2 is 2.03 bits per heavy atom. The molecule has 0 aliphatic carbocycles. The summed E-state index contributed by atoms with van der Waals surface area (Å²) in [5, 5.41) is 12.0. The number of fused-ring (bicyclic) bond motifs is 3. The third kappa shape index (κ3) is 4.72. The minimum atomic E-state index is -0.110. The van der Waals surface area contributed by atoms with Gasteiger partial charge in [-0.1, -0.05) is 12.1 Å². The number of carbonyl (C=O) groups excluding carboxylic acids is 1. The van der Waals surface area contributed by atoms with Crippen LogP contribution in [0, 0.1) is 0 Å². The molecule has 1 amide bonds. The van der Waals surface area contributed by atoms with Gasteiger partial charge < -0.3 is 14.5 Å². The van der Waals surface area contributed by atoms with E-state index in [2.05, 4.69) is 15.5 Å². The van der Waals surface area contributed by atoms with E-state index in [0.29, 0.717) is 55.3 Å². The SMILES string of the molecule is CC(C)OCCCn1c(=O)c2ccccc2n2c(CCC(=O)NCc3ccco3)nnc12. The number of hydrogen-bond acceptors (Lipinski definition) is 6. The number of furan rings is 1. The number of hydrogen-bond donors (Lipinski definition) is 1. The largest absolute Gasteiger partial charge is 0.467 e. The summed E-state index contributed by atoms with van der Waals surface area (Å²) in [4.78, 5) is 25.4. The summed E-state index contributed by atoms with van der Waals surface area (Å²) in [7, 11) is 0. The molecule has 3 aromatic heterocycles. The van der Waals surface area contributed by atoms with E-state index in [1.807, 2.05) is 42.5 Å². The molecule has 168 valence electrons. The van der Waals surface area contributed by atoms with Crippen molar-refractivity contribution in [3.63, 3.8) is 0 Å². The normalized spacial score (nSPS) is 11.6.